The van der Waals surface area contributed by atoms with Crippen molar-refractivity contribution in [2.75, 3.05) is 13.2 Å². The first-order valence-corrected chi connectivity index (χ1v) is 3.62. The maximum Gasteiger partial charge on any atom is 0.317 e. The SMILES string of the molecule is C[C@]12C(=O)OCC1OC[C@@H]2O. The number of cyclic esters (lactones) is 1. The minimum atomic E-state index is -0.806. The second-order valence-corrected chi connectivity index (χ2v) is 3.22. The predicted octanol–water partition coefficient (Wildman–Crippen LogP) is -0.691. The third-order valence-electron chi connectivity index (χ3n) is 2.62. The van der Waals surface area contributed by atoms with Crippen LogP contribution in [-0.2, 0) is 14.3 Å². The van der Waals surface area contributed by atoms with E-state index in [1.807, 2.05) is 0 Å². The average Bonchev–Trinajstić information content (AvgIpc) is 2.40. The van der Waals surface area contributed by atoms with Gasteiger partial charge in [0.2, 0.25) is 0 Å². The molecule has 0 amide bonds. The van der Waals surface area contributed by atoms with Crippen LogP contribution in [0.1, 0.15) is 6.92 Å². The fraction of sp³-hybridized carbons (Fsp3) is 0.857. The lowest BCUT2D eigenvalue weighted by Gasteiger charge is -2.19. The van der Waals surface area contributed by atoms with Gasteiger partial charge in [-0.15, -0.1) is 0 Å². The molecule has 0 spiro atoms. The minimum absolute atomic E-state index is 0.245. The lowest BCUT2D eigenvalue weighted by Crippen LogP contribution is -2.39. The van der Waals surface area contributed by atoms with Crippen molar-refractivity contribution in [2.24, 2.45) is 5.41 Å². The molecule has 1 N–H and O–H groups in total. The first-order valence-electron chi connectivity index (χ1n) is 3.62. The number of hydrogen-bond acceptors (Lipinski definition) is 4. The van der Waals surface area contributed by atoms with Crippen molar-refractivity contribution in [3.8, 4) is 0 Å². The van der Waals surface area contributed by atoms with Gasteiger partial charge in [0.25, 0.3) is 0 Å². The highest BCUT2D eigenvalue weighted by atomic mass is 16.6. The minimum Gasteiger partial charge on any atom is -0.462 e. The Morgan fingerprint density at radius 2 is 2.36 bits per heavy atom. The molecule has 0 radical (unpaired) electrons. The van der Waals surface area contributed by atoms with Gasteiger partial charge in [0.1, 0.15) is 18.1 Å². The first kappa shape index (κ1) is 7.06. The standard InChI is InChI=1S/C7H10O4/c1-7-4(8)2-10-5(7)3-11-6(7)9/h4-5,8H,2-3H2,1H3/t4-,5?,7+/m0/s1. The quantitative estimate of drug-likeness (QED) is 0.474. The van der Waals surface area contributed by atoms with Crippen molar-refractivity contribution in [2.45, 2.75) is 19.1 Å². The number of aliphatic hydroxyl groups excluding tert-OH is 1. The Balaban J connectivity index is 2.34. The van der Waals surface area contributed by atoms with Crippen LogP contribution in [0.4, 0.5) is 0 Å². The van der Waals surface area contributed by atoms with Crippen LogP contribution in [0, 0.1) is 5.41 Å². The summed E-state index contributed by atoms with van der Waals surface area (Å²) in [5.41, 5.74) is -0.806. The van der Waals surface area contributed by atoms with E-state index in [1.54, 1.807) is 6.92 Å². The van der Waals surface area contributed by atoms with E-state index in [0.717, 1.165) is 0 Å². The van der Waals surface area contributed by atoms with Gasteiger partial charge in [-0.25, -0.2) is 0 Å². The van der Waals surface area contributed by atoms with Gasteiger partial charge < -0.3 is 14.6 Å². The van der Waals surface area contributed by atoms with Crippen LogP contribution in [0.3, 0.4) is 0 Å². The zero-order chi connectivity index (χ0) is 8.06. The summed E-state index contributed by atoms with van der Waals surface area (Å²) in [5.74, 6) is -0.340. The van der Waals surface area contributed by atoms with Gasteiger partial charge in [0.05, 0.1) is 12.7 Å². The Hall–Kier alpha value is -0.610. The van der Waals surface area contributed by atoms with E-state index in [2.05, 4.69) is 0 Å². The number of carbonyl (C=O) groups excluding carboxylic acids is 1. The number of rotatable bonds is 0. The lowest BCUT2D eigenvalue weighted by atomic mass is 9.83. The monoisotopic (exact) mass is 158 g/mol. The van der Waals surface area contributed by atoms with E-state index in [4.69, 9.17) is 9.47 Å². The van der Waals surface area contributed by atoms with Gasteiger partial charge in [-0.1, -0.05) is 0 Å². The molecule has 4 nitrogen and oxygen atoms in total. The summed E-state index contributed by atoms with van der Waals surface area (Å²) in [6, 6.07) is 0. The fourth-order valence-electron chi connectivity index (χ4n) is 1.56. The molecule has 0 aromatic carbocycles. The van der Waals surface area contributed by atoms with E-state index >= 15 is 0 Å². The van der Waals surface area contributed by atoms with Gasteiger partial charge in [-0.05, 0) is 6.92 Å². The Kier molecular flexibility index (Phi) is 1.25. The van der Waals surface area contributed by atoms with Crippen LogP contribution in [0.25, 0.3) is 0 Å². The summed E-state index contributed by atoms with van der Waals surface area (Å²) < 4.78 is 9.94. The summed E-state index contributed by atoms with van der Waals surface area (Å²) in [4.78, 5) is 11.1. The molecule has 0 aromatic rings. The van der Waals surface area contributed by atoms with E-state index in [-0.39, 0.29) is 25.3 Å². The van der Waals surface area contributed by atoms with Gasteiger partial charge >= 0.3 is 5.97 Å². The van der Waals surface area contributed by atoms with Crippen molar-refractivity contribution in [3.63, 3.8) is 0 Å². The van der Waals surface area contributed by atoms with Gasteiger partial charge in [0.15, 0.2) is 0 Å². The van der Waals surface area contributed by atoms with Crippen molar-refractivity contribution in [1.29, 1.82) is 0 Å². The molecule has 0 aliphatic carbocycles. The molecule has 0 saturated carbocycles. The maximum absolute atomic E-state index is 11.1. The Morgan fingerprint density at radius 1 is 1.64 bits per heavy atom. The normalized spacial score (nSPS) is 49.1. The highest BCUT2D eigenvalue weighted by Gasteiger charge is 2.58. The molecule has 2 saturated heterocycles. The smallest absolute Gasteiger partial charge is 0.317 e. The Labute approximate surface area is 64.1 Å². The molecule has 2 fully saturated rings. The zero-order valence-corrected chi connectivity index (χ0v) is 6.24. The topological polar surface area (TPSA) is 55.8 Å². The van der Waals surface area contributed by atoms with Crippen LogP contribution < -0.4 is 0 Å². The van der Waals surface area contributed by atoms with Crippen LogP contribution in [-0.4, -0.2) is 36.5 Å². The molecule has 2 aliphatic rings. The molecular formula is C7H10O4. The summed E-state index contributed by atoms with van der Waals surface area (Å²) in [6.07, 6.45) is -0.951. The molecular weight excluding hydrogens is 148 g/mol. The van der Waals surface area contributed by atoms with Crippen LogP contribution >= 0.6 is 0 Å². The highest BCUT2D eigenvalue weighted by Crippen LogP contribution is 2.40. The third kappa shape index (κ3) is 0.684. The van der Waals surface area contributed by atoms with Crippen LogP contribution in [0.5, 0.6) is 0 Å². The Bertz CT molecular complexity index is 203. The van der Waals surface area contributed by atoms with Gasteiger partial charge in [-0.2, -0.15) is 0 Å². The molecule has 0 aromatic heterocycles. The summed E-state index contributed by atoms with van der Waals surface area (Å²) >= 11 is 0. The Morgan fingerprint density at radius 3 is 3.00 bits per heavy atom. The fourth-order valence-corrected chi connectivity index (χ4v) is 1.56. The van der Waals surface area contributed by atoms with Crippen molar-refractivity contribution in [3.05, 3.63) is 0 Å². The average molecular weight is 158 g/mol. The number of esters is 1. The molecule has 2 heterocycles. The second kappa shape index (κ2) is 1.95. The number of aliphatic hydroxyl groups is 1. The lowest BCUT2D eigenvalue weighted by molar-refractivity contribution is -0.149. The summed E-state index contributed by atoms with van der Waals surface area (Å²) in [6.45, 7) is 2.22. The van der Waals surface area contributed by atoms with Gasteiger partial charge in [-0.3, -0.25) is 4.79 Å². The highest BCUT2D eigenvalue weighted by molar-refractivity contribution is 5.80. The second-order valence-electron chi connectivity index (χ2n) is 3.22. The number of hydrogen-bond donors (Lipinski definition) is 1. The van der Waals surface area contributed by atoms with Crippen molar-refractivity contribution >= 4 is 5.97 Å². The number of ether oxygens (including phenoxy) is 2. The molecule has 62 valence electrons. The first-order chi connectivity index (χ1) is 5.15. The molecule has 3 atom stereocenters. The van der Waals surface area contributed by atoms with Crippen molar-refractivity contribution in [1.82, 2.24) is 0 Å². The van der Waals surface area contributed by atoms with E-state index in [1.165, 1.54) is 0 Å². The summed E-state index contributed by atoms with van der Waals surface area (Å²) in [7, 11) is 0. The molecule has 11 heavy (non-hydrogen) atoms. The maximum atomic E-state index is 11.1. The van der Waals surface area contributed by atoms with E-state index in [9.17, 15) is 9.90 Å². The molecule has 2 aliphatic heterocycles. The van der Waals surface area contributed by atoms with Crippen molar-refractivity contribution < 1.29 is 19.4 Å². The molecule has 2 rings (SSSR count). The van der Waals surface area contributed by atoms with Gasteiger partial charge in [0, 0.05) is 0 Å². The predicted molar refractivity (Wildman–Crippen MR) is 34.8 cm³/mol. The molecule has 4 heteroatoms. The number of fused-ring (bicyclic) bond motifs is 1. The largest absolute Gasteiger partial charge is 0.462 e. The molecule has 0 bridgehead atoms. The van der Waals surface area contributed by atoms with E-state index < -0.39 is 11.5 Å². The van der Waals surface area contributed by atoms with Crippen LogP contribution in [0.2, 0.25) is 0 Å². The third-order valence-corrected chi connectivity index (χ3v) is 2.62. The zero-order valence-electron chi connectivity index (χ0n) is 6.24. The summed E-state index contributed by atoms with van der Waals surface area (Å²) in [5, 5.41) is 9.40. The van der Waals surface area contributed by atoms with Crippen LogP contribution in [0.15, 0.2) is 0 Å². The van der Waals surface area contributed by atoms with E-state index in [0.29, 0.717) is 0 Å². The molecule has 1 unspecified atom stereocenters. The number of carbonyl (C=O) groups is 1.